The zero-order chi connectivity index (χ0) is 32.4. The van der Waals surface area contributed by atoms with Crippen LogP contribution in [0.4, 0.5) is 35.4 Å². The summed E-state index contributed by atoms with van der Waals surface area (Å²) in [6.45, 7) is 8.48. The van der Waals surface area contributed by atoms with Crippen molar-refractivity contribution in [1.82, 2.24) is 20.8 Å². The number of nitrogens with one attached hydrogen (secondary N) is 4. The van der Waals surface area contributed by atoms with Gasteiger partial charge in [0, 0.05) is 54.9 Å². The fourth-order valence-electron chi connectivity index (χ4n) is 4.07. The number of nitrogens with zero attached hydrogens (tertiary/aromatic N) is 4. The quantitative estimate of drug-likeness (QED) is 0.245. The van der Waals surface area contributed by atoms with Crippen LogP contribution < -0.4 is 31.5 Å². The number of halogens is 3. The molecule has 44 heavy (non-hydrogen) atoms. The number of anilines is 4. The number of aryl methyl sites for hydroxylation is 1. The fraction of sp³-hybridized carbons (Fsp3) is 0.367. The van der Waals surface area contributed by atoms with E-state index in [-0.39, 0.29) is 17.2 Å². The SMILES string of the molecule is Cc1ccc(C(=O)Nc2cc(N(C)CCN(C)C)cc(C(F)(F)F)c2)cc1N1C=C(c2cnc(NC(=O)C(C)(C)C)s2)NN1. The van der Waals surface area contributed by atoms with Crippen molar-refractivity contribution in [3.63, 3.8) is 0 Å². The number of carbonyl (C=O) groups excluding carboxylic acids is 2. The molecule has 0 bridgehead atoms. The first-order valence-corrected chi connectivity index (χ1v) is 14.6. The number of thiazole rings is 1. The Kier molecular flexibility index (Phi) is 9.56. The molecule has 0 atom stereocenters. The monoisotopic (exact) mass is 630 g/mol. The van der Waals surface area contributed by atoms with E-state index < -0.39 is 23.1 Å². The van der Waals surface area contributed by atoms with Gasteiger partial charge < -0.3 is 25.9 Å². The molecule has 4 rings (SSSR count). The van der Waals surface area contributed by atoms with Gasteiger partial charge in [0.05, 0.1) is 21.8 Å². The number of amides is 2. The summed E-state index contributed by atoms with van der Waals surface area (Å²) in [5, 5.41) is 7.62. The van der Waals surface area contributed by atoms with Gasteiger partial charge in [-0.2, -0.15) is 13.2 Å². The van der Waals surface area contributed by atoms with Crippen LogP contribution in [0.2, 0.25) is 0 Å². The number of likely N-dealkylation sites (N-methyl/N-ethyl adjacent to an activating group) is 2. The van der Waals surface area contributed by atoms with Crippen LogP contribution in [0, 0.1) is 12.3 Å². The molecule has 0 radical (unpaired) electrons. The van der Waals surface area contributed by atoms with Gasteiger partial charge in [0.15, 0.2) is 5.13 Å². The number of alkyl halides is 3. The number of hydrogen-bond acceptors (Lipinski definition) is 9. The average Bonchev–Trinajstić information content (AvgIpc) is 3.60. The first-order valence-electron chi connectivity index (χ1n) is 13.8. The minimum atomic E-state index is -4.58. The van der Waals surface area contributed by atoms with Gasteiger partial charge in [-0.25, -0.2) is 4.98 Å². The molecular formula is C30H37F3N8O2S. The van der Waals surface area contributed by atoms with Crippen molar-refractivity contribution >= 4 is 51.0 Å². The molecule has 0 saturated carbocycles. The highest BCUT2D eigenvalue weighted by molar-refractivity contribution is 7.16. The van der Waals surface area contributed by atoms with Gasteiger partial charge >= 0.3 is 6.18 Å². The van der Waals surface area contributed by atoms with Crippen LogP contribution in [-0.2, 0) is 11.0 Å². The standard InChI is InChI=1S/C30H37F3N8O2S/c1-18-8-9-19(26(42)35-21-13-20(30(31,32)33)14-22(15-21)40(7)11-10-39(5)6)12-24(18)41-17-23(37-38-41)25-16-34-28(44-25)36-27(43)29(2,3)4/h8-9,12-17,37-38H,10-11H2,1-7H3,(H,35,42)(H,34,36,43). The second-order valence-corrected chi connectivity index (χ2v) is 12.9. The van der Waals surface area contributed by atoms with Gasteiger partial charge in [-0.3, -0.25) is 14.6 Å². The zero-order valence-corrected chi connectivity index (χ0v) is 26.5. The van der Waals surface area contributed by atoms with E-state index >= 15 is 0 Å². The van der Waals surface area contributed by atoms with E-state index in [1.807, 2.05) is 46.7 Å². The van der Waals surface area contributed by atoms with Crippen molar-refractivity contribution in [2.24, 2.45) is 5.41 Å². The molecule has 1 aliphatic heterocycles. The summed E-state index contributed by atoms with van der Waals surface area (Å²) < 4.78 is 41.2. The van der Waals surface area contributed by atoms with Crippen LogP contribution in [0.5, 0.6) is 0 Å². The van der Waals surface area contributed by atoms with E-state index in [1.165, 1.54) is 17.4 Å². The smallest absolute Gasteiger partial charge is 0.373 e. The van der Waals surface area contributed by atoms with Gasteiger partial charge in [-0.15, -0.1) is 5.53 Å². The Balaban J connectivity index is 1.53. The molecule has 10 nitrogen and oxygen atoms in total. The van der Waals surface area contributed by atoms with Crippen LogP contribution in [0.3, 0.4) is 0 Å². The molecule has 236 valence electrons. The number of benzene rings is 2. The van der Waals surface area contributed by atoms with Crippen LogP contribution in [0.15, 0.2) is 48.8 Å². The summed E-state index contributed by atoms with van der Waals surface area (Å²) in [6, 6.07) is 8.58. The number of hydrogen-bond donors (Lipinski definition) is 4. The Labute approximate surface area is 258 Å². The fourth-order valence-corrected chi connectivity index (χ4v) is 4.85. The highest BCUT2D eigenvalue weighted by Gasteiger charge is 2.32. The normalized spacial score (nSPS) is 13.5. The molecule has 0 saturated heterocycles. The van der Waals surface area contributed by atoms with Crippen molar-refractivity contribution in [2.45, 2.75) is 33.9 Å². The minimum absolute atomic E-state index is 0.0429. The van der Waals surface area contributed by atoms with E-state index in [4.69, 9.17) is 0 Å². The highest BCUT2D eigenvalue weighted by atomic mass is 32.1. The van der Waals surface area contributed by atoms with E-state index in [0.717, 1.165) is 22.6 Å². The lowest BCUT2D eigenvalue weighted by atomic mass is 9.96. The highest BCUT2D eigenvalue weighted by Crippen LogP contribution is 2.35. The van der Waals surface area contributed by atoms with Crippen molar-refractivity contribution in [2.75, 3.05) is 54.8 Å². The van der Waals surface area contributed by atoms with Crippen LogP contribution in [-0.4, -0.2) is 55.9 Å². The summed E-state index contributed by atoms with van der Waals surface area (Å²) in [6.07, 6.45) is -1.15. The van der Waals surface area contributed by atoms with E-state index in [9.17, 15) is 22.8 Å². The van der Waals surface area contributed by atoms with Crippen molar-refractivity contribution in [3.8, 4) is 0 Å². The molecule has 14 heteroatoms. The Bertz CT molecular complexity index is 1560. The van der Waals surface area contributed by atoms with E-state index in [2.05, 4.69) is 26.6 Å². The first kappa shape index (κ1) is 32.8. The lowest BCUT2D eigenvalue weighted by Gasteiger charge is -2.23. The average molecular weight is 631 g/mol. The molecule has 2 heterocycles. The molecule has 0 spiro atoms. The maximum absolute atomic E-state index is 13.7. The molecule has 4 N–H and O–H groups in total. The summed E-state index contributed by atoms with van der Waals surface area (Å²) >= 11 is 1.30. The minimum Gasteiger partial charge on any atom is -0.373 e. The van der Waals surface area contributed by atoms with Gasteiger partial charge in [0.2, 0.25) is 5.91 Å². The summed E-state index contributed by atoms with van der Waals surface area (Å²) in [7, 11) is 5.48. The third kappa shape index (κ3) is 8.07. The molecule has 3 aromatic rings. The Morgan fingerprint density at radius 3 is 2.41 bits per heavy atom. The van der Waals surface area contributed by atoms with Gasteiger partial charge in [0.25, 0.3) is 5.91 Å². The van der Waals surface area contributed by atoms with Crippen molar-refractivity contribution in [1.29, 1.82) is 0 Å². The van der Waals surface area contributed by atoms with E-state index in [0.29, 0.717) is 35.3 Å². The molecule has 0 fully saturated rings. The Hall–Kier alpha value is -4.14. The number of carbonyl (C=O) groups is 2. The Morgan fingerprint density at radius 2 is 1.75 bits per heavy atom. The number of aromatic nitrogens is 1. The van der Waals surface area contributed by atoms with Gasteiger partial charge in [-0.05, 0) is 56.9 Å². The second kappa shape index (κ2) is 12.8. The van der Waals surface area contributed by atoms with Crippen molar-refractivity contribution < 1.29 is 22.8 Å². The van der Waals surface area contributed by atoms with Crippen LogP contribution >= 0.6 is 11.3 Å². The van der Waals surface area contributed by atoms with Crippen LogP contribution in [0.1, 0.15) is 47.1 Å². The first-order chi connectivity index (χ1) is 20.5. The predicted octanol–water partition coefficient (Wildman–Crippen LogP) is 5.53. The van der Waals surface area contributed by atoms with Crippen molar-refractivity contribution in [3.05, 3.63) is 70.4 Å². The molecule has 0 aliphatic carbocycles. The summed E-state index contributed by atoms with van der Waals surface area (Å²) in [5.74, 6) is -0.694. The third-order valence-electron chi connectivity index (χ3n) is 6.80. The maximum atomic E-state index is 13.7. The molecule has 0 unspecified atom stereocenters. The lowest BCUT2D eigenvalue weighted by molar-refractivity contribution is -0.137. The van der Waals surface area contributed by atoms with E-state index in [1.54, 1.807) is 47.6 Å². The predicted molar refractivity (Wildman–Crippen MR) is 169 cm³/mol. The maximum Gasteiger partial charge on any atom is 0.416 e. The largest absolute Gasteiger partial charge is 0.416 e. The Morgan fingerprint density at radius 1 is 1.02 bits per heavy atom. The summed E-state index contributed by atoms with van der Waals surface area (Å²) in [5.41, 5.74) is 7.54. The number of hydrazine groups is 2. The van der Waals surface area contributed by atoms with Gasteiger partial charge in [0.1, 0.15) is 0 Å². The topological polar surface area (TPSA) is 105 Å². The molecule has 2 amide bonds. The van der Waals surface area contributed by atoms with Gasteiger partial charge in [-0.1, -0.05) is 38.2 Å². The molecule has 1 aliphatic rings. The van der Waals surface area contributed by atoms with Crippen LogP contribution in [0.25, 0.3) is 5.70 Å². The lowest BCUT2D eigenvalue weighted by Crippen LogP contribution is -2.36. The second-order valence-electron chi connectivity index (χ2n) is 11.8. The molecule has 1 aromatic heterocycles. The third-order valence-corrected chi connectivity index (χ3v) is 7.75. The molecular weight excluding hydrogens is 593 g/mol. The number of rotatable bonds is 9. The summed E-state index contributed by atoms with van der Waals surface area (Å²) in [4.78, 5) is 34.3. The zero-order valence-electron chi connectivity index (χ0n) is 25.7. The molecule has 2 aromatic carbocycles.